The average Bonchev–Trinajstić information content (AvgIpc) is 3.02. The van der Waals surface area contributed by atoms with Crippen LogP contribution in [0, 0.1) is 0 Å². The van der Waals surface area contributed by atoms with Crippen molar-refractivity contribution >= 4 is 55.2 Å². The van der Waals surface area contributed by atoms with Crippen molar-refractivity contribution in [2.45, 2.75) is 25.1 Å². The van der Waals surface area contributed by atoms with Gasteiger partial charge in [0.2, 0.25) is 5.91 Å². The number of rotatable bonds is 9. The molecule has 3 aromatic rings. The third-order valence-corrected chi connectivity index (χ3v) is 6.82. The van der Waals surface area contributed by atoms with Crippen LogP contribution in [-0.2, 0) is 21.8 Å². The Morgan fingerprint density at radius 1 is 1.25 bits per heavy atom. The zero-order chi connectivity index (χ0) is 19.8. The minimum absolute atomic E-state index is 0.0582. The molecule has 1 aromatic heterocycles. The fourth-order valence-corrected chi connectivity index (χ4v) is 5.33. The standard InChI is InChI=1S/C21H23BrN2O2S2/c1-26-12-11-24-18-10-9-17(22)14-19(18)28-21(24)23-20(25)8-5-13-27-15-16-6-3-2-4-7-16/h2-4,6-7,9-10,14H,5,8,11-13,15H2,1H3. The molecule has 0 spiro atoms. The summed E-state index contributed by atoms with van der Waals surface area (Å²) in [6, 6.07) is 16.5. The Hall–Kier alpha value is -1.41. The fraction of sp³-hybridized carbons (Fsp3) is 0.333. The first-order chi connectivity index (χ1) is 13.7. The normalized spacial score (nSPS) is 12.0. The first kappa shape index (κ1) is 21.3. The van der Waals surface area contributed by atoms with Gasteiger partial charge in [-0.25, -0.2) is 0 Å². The van der Waals surface area contributed by atoms with Gasteiger partial charge in [0.25, 0.3) is 0 Å². The third kappa shape index (κ3) is 6.04. The van der Waals surface area contributed by atoms with Crippen molar-refractivity contribution in [3.63, 3.8) is 0 Å². The average molecular weight is 479 g/mol. The molecule has 148 valence electrons. The van der Waals surface area contributed by atoms with E-state index < -0.39 is 0 Å². The number of benzene rings is 2. The Balaban J connectivity index is 1.61. The summed E-state index contributed by atoms with van der Waals surface area (Å²) in [5.74, 6) is 1.88. The maximum absolute atomic E-state index is 12.4. The topological polar surface area (TPSA) is 43.6 Å². The molecule has 0 aliphatic heterocycles. The third-order valence-electron chi connectivity index (χ3n) is 4.18. The Bertz CT molecular complexity index is 983. The van der Waals surface area contributed by atoms with E-state index in [9.17, 15) is 4.79 Å². The van der Waals surface area contributed by atoms with E-state index in [-0.39, 0.29) is 5.91 Å². The van der Waals surface area contributed by atoms with Crippen LogP contribution < -0.4 is 4.80 Å². The van der Waals surface area contributed by atoms with Gasteiger partial charge in [-0.05, 0) is 35.9 Å². The molecule has 3 rings (SSSR count). The number of fused-ring (bicyclic) bond motifs is 1. The number of thiazole rings is 1. The largest absolute Gasteiger partial charge is 0.383 e. The lowest BCUT2D eigenvalue weighted by atomic mass is 10.2. The van der Waals surface area contributed by atoms with Crippen molar-refractivity contribution in [3.05, 3.63) is 63.4 Å². The molecule has 1 amide bonds. The van der Waals surface area contributed by atoms with Crippen molar-refractivity contribution in [2.24, 2.45) is 4.99 Å². The SMILES string of the molecule is COCCn1c(=NC(=O)CCCSCc2ccccc2)sc2cc(Br)ccc21. The molecule has 0 atom stereocenters. The van der Waals surface area contributed by atoms with Gasteiger partial charge < -0.3 is 9.30 Å². The highest BCUT2D eigenvalue weighted by Gasteiger charge is 2.08. The highest BCUT2D eigenvalue weighted by Crippen LogP contribution is 2.22. The van der Waals surface area contributed by atoms with Gasteiger partial charge in [0.05, 0.1) is 16.8 Å². The molecule has 0 radical (unpaired) electrons. The van der Waals surface area contributed by atoms with E-state index >= 15 is 0 Å². The maximum Gasteiger partial charge on any atom is 0.248 e. The van der Waals surface area contributed by atoms with E-state index in [1.165, 1.54) is 5.56 Å². The van der Waals surface area contributed by atoms with Crippen molar-refractivity contribution in [3.8, 4) is 0 Å². The molecule has 28 heavy (non-hydrogen) atoms. The Labute approximate surface area is 181 Å². The number of halogens is 1. The highest BCUT2D eigenvalue weighted by molar-refractivity contribution is 9.10. The van der Waals surface area contributed by atoms with Crippen LogP contribution in [0.1, 0.15) is 18.4 Å². The lowest BCUT2D eigenvalue weighted by Crippen LogP contribution is -2.19. The molecule has 0 saturated carbocycles. The van der Waals surface area contributed by atoms with Crippen LogP contribution in [0.4, 0.5) is 0 Å². The molecule has 7 heteroatoms. The number of nitrogens with zero attached hydrogens (tertiary/aromatic N) is 2. The first-order valence-corrected chi connectivity index (χ1v) is 11.9. The van der Waals surface area contributed by atoms with Gasteiger partial charge in [-0.2, -0.15) is 16.8 Å². The van der Waals surface area contributed by atoms with E-state index in [0.717, 1.165) is 37.4 Å². The number of hydrogen-bond donors (Lipinski definition) is 0. The molecule has 4 nitrogen and oxygen atoms in total. The molecule has 2 aromatic carbocycles. The number of carbonyl (C=O) groups excluding carboxylic acids is 1. The monoisotopic (exact) mass is 478 g/mol. The molecule has 0 saturated heterocycles. The minimum Gasteiger partial charge on any atom is -0.383 e. The summed E-state index contributed by atoms with van der Waals surface area (Å²) in [7, 11) is 1.68. The number of aromatic nitrogens is 1. The van der Waals surface area contributed by atoms with Gasteiger partial charge in [-0.1, -0.05) is 57.6 Å². The Morgan fingerprint density at radius 3 is 2.86 bits per heavy atom. The van der Waals surface area contributed by atoms with Crippen molar-refractivity contribution < 1.29 is 9.53 Å². The van der Waals surface area contributed by atoms with Crippen LogP contribution in [0.25, 0.3) is 10.2 Å². The Morgan fingerprint density at radius 2 is 2.07 bits per heavy atom. The molecule has 0 fully saturated rings. The highest BCUT2D eigenvalue weighted by atomic mass is 79.9. The zero-order valence-electron chi connectivity index (χ0n) is 15.8. The number of carbonyl (C=O) groups is 1. The van der Waals surface area contributed by atoms with E-state index in [1.54, 1.807) is 18.4 Å². The lowest BCUT2D eigenvalue weighted by Gasteiger charge is -2.04. The predicted octanol–water partition coefficient (Wildman–Crippen LogP) is 5.25. The second kappa shape index (κ2) is 11.0. The quantitative estimate of drug-likeness (QED) is 0.394. The second-order valence-electron chi connectivity index (χ2n) is 6.29. The van der Waals surface area contributed by atoms with E-state index in [4.69, 9.17) is 4.74 Å². The molecule has 0 aliphatic carbocycles. The zero-order valence-corrected chi connectivity index (χ0v) is 19.0. The van der Waals surface area contributed by atoms with Gasteiger partial charge in [-0.3, -0.25) is 4.79 Å². The molecule has 1 heterocycles. The summed E-state index contributed by atoms with van der Waals surface area (Å²) < 4.78 is 9.42. The van der Waals surface area contributed by atoms with Crippen LogP contribution in [0.2, 0.25) is 0 Å². The van der Waals surface area contributed by atoms with Crippen LogP contribution in [0.5, 0.6) is 0 Å². The second-order valence-corrected chi connectivity index (χ2v) is 9.32. The van der Waals surface area contributed by atoms with Crippen molar-refractivity contribution in [1.29, 1.82) is 0 Å². The number of methoxy groups -OCH3 is 1. The molecule has 0 N–H and O–H groups in total. The summed E-state index contributed by atoms with van der Waals surface area (Å²) in [5.41, 5.74) is 2.40. The van der Waals surface area contributed by atoms with Gasteiger partial charge in [0.15, 0.2) is 4.80 Å². The van der Waals surface area contributed by atoms with Gasteiger partial charge in [0.1, 0.15) is 0 Å². The molecule has 0 aliphatic rings. The summed E-state index contributed by atoms with van der Waals surface area (Å²) in [6.45, 7) is 1.26. The molecular formula is C21H23BrN2O2S2. The lowest BCUT2D eigenvalue weighted by molar-refractivity contribution is -0.118. The molecule has 0 unspecified atom stereocenters. The van der Waals surface area contributed by atoms with E-state index in [0.29, 0.717) is 19.6 Å². The summed E-state index contributed by atoms with van der Waals surface area (Å²) in [4.78, 5) is 17.5. The smallest absolute Gasteiger partial charge is 0.248 e. The van der Waals surface area contributed by atoms with Crippen LogP contribution in [0.15, 0.2) is 58.0 Å². The van der Waals surface area contributed by atoms with E-state index in [1.807, 2.05) is 23.9 Å². The number of thioether (sulfide) groups is 1. The summed E-state index contributed by atoms with van der Waals surface area (Å²) >= 11 is 6.91. The molecule has 0 bridgehead atoms. The minimum atomic E-state index is -0.0582. The predicted molar refractivity (Wildman–Crippen MR) is 122 cm³/mol. The molecular weight excluding hydrogens is 456 g/mol. The van der Waals surface area contributed by atoms with Crippen LogP contribution >= 0.6 is 39.0 Å². The van der Waals surface area contributed by atoms with E-state index in [2.05, 4.69) is 61.9 Å². The van der Waals surface area contributed by atoms with Gasteiger partial charge in [0, 0.05) is 30.3 Å². The van der Waals surface area contributed by atoms with Crippen molar-refractivity contribution in [1.82, 2.24) is 4.57 Å². The van der Waals surface area contributed by atoms with Crippen LogP contribution in [-0.4, -0.2) is 29.9 Å². The number of amides is 1. The summed E-state index contributed by atoms with van der Waals surface area (Å²) in [5, 5.41) is 0. The maximum atomic E-state index is 12.4. The summed E-state index contributed by atoms with van der Waals surface area (Å²) in [6.07, 6.45) is 1.32. The number of ether oxygens (including phenoxy) is 1. The number of hydrogen-bond acceptors (Lipinski definition) is 4. The van der Waals surface area contributed by atoms with Crippen LogP contribution in [0.3, 0.4) is 0 Å². The Kier molecular flexibility index (Phi) is 8.33. The fourth-order valence-electron chi connectivity index (χ4n) is 2.78. The van der Waals surface area contributed by atoms with Crippen molar-refractivity contribution in [2.75, 3.05) is 19.5 Å². The van der Waals surface area contributed by atoms with Gasteiger partial charge >= 0.3 is 0 Å². The first-order valence-electron chi connectivity index (χ1n) is 9.14. The van der Waals surface area contributed by atoms with Gasteiger partial charge in [-0.15, -0.1) is 0 Å².